The maximum absolute atomic E-state index is 2.23. The summed E-state index contributed by atoms with van der Waals surface area (Å²) in [6.07, 6.45) is 2.80. The summed E-state index contributed by atoms with van der Waals surface area (Å²) in [6, 6.07) is 0. The molecule has 0 nitrogen and oxygen atoms in total. The molecule has 0 spiro atoms. The SMILES string of the molecule is CCC[CH2][Sn].[Sn].[Sn].[Sn]. The summed E-state index contributed by atoms with van der Waals surface area (Å²) in [5.41, 5.74) is 0. The van der Waals surface area contributed by atoms with E-state index in [2.05, 4.69) is 6.92 Å². The maximum atomic E-state index is 2.23. The largest absolute Gasteiger partial charge is 0 e. The van der Waals surface area contributed by atoms with Gasteiger partial charge in [0.2, 0.25) is 0 Å². The molecule has 0 aliphatic heterocycles. The van der Waals surface area contributed by atoms with Crippen LogP contribution in [-0.2, 0) is 0 Å². The van der Waals surface area contributed by atoms with Crippen molar-refractivity contribution < 1.29 is 0 Å². The van der Waals surface area contributed by atoms with Crippen molar-refractivity contribution in [1.82, 2.24) is 0 Å². The molecular formula is C4H9Sn4. The van der Waals surface area contributed by atoms with Crippen LogP contribution >= 0.6 is 0 Å². The van der Waals surface area contributed by atoms with Crippen molar-refractivity contribution >= 4 is 94.2 Å². The first-order valence-corrected chi connectivity index (χ1v) is 4.08. The molecule has 0 unspecified atom stereocenters. The van der Waals surface area contributed by atoms with Crippen molar-refractivity contribution in [3.8, 4) is 0 Å². The first-order valence-electron chi connectivity index (χ1n) is 2.06. The number of rotatable bonds is 2. The maximum Gasteiger partial charge on any atom is 0 e. The van der Waals surface area contributed by atoms with Gasteiger partial charge in [0.05, 0.1) is 0 Å². The van der Waals surface area contributed by atoms with Gasteiger partial charge in [-0.25, -0.2) is 0 Å². The zero-order valence-corrected chi connectivity index (χ0v) is 16.5. The van der Waals surface area contributed by atoms with Crippen LogP contribution in [0.25, 0.3) is 0 Å². The summed E-state index contributed by atoms with van der Waals surface area (Å²) in [5.74, 6) is 0. The molecule has 8 heavy (non-hydrogen) atoms. The second kappa shape index (κ2) is 22.5. The molecule has 0 rings (SSSR count). The Kier molecular flexibility index (Phi) is 63.1. The van der Waals surface area contributed by atoms with E-state index in [1.165, 1.54) is 17.3 Å². The van der Waals surface area contributed by atoms with Gasteiger partial charge in [-0.1, -0.05) is 0 Å². The third kappa shape index (κ3) is 22.9. The van der Waals surface area contributed by atoms with Crippen LogP contribution in [0.1, 0.15) is 19.8 Å². The van der Waals surface area contributed by atoms with E-state index in [0.717, 1.165) is 0 Å². The zero-order valence-electron chi connectivity index (χ0n) is 5.12. The number of hydrogen-bond acceptors (Lipinski definition) is 0. The van der Waals surface area contributed by atoms with Crippen molar-refractivity contribution in [2.24, 2.45) is 0 Å². The summed E-state index contributed by atoms with van der Waals surface area (Å²) in [7, 11) is 0. The van der Waals surface area contributed by atoms with Gasteiger partial charge in [0.1, 0.15) is 0 Å². The van der Waals surface area contributed by atoms with Crippen molar-refractivity contribution in [3.63, 3.8) is 0 Å². The smallest absolute Gasteiger partial charge is 0 e. The average molecular weight is 532 g/mol. The van der Waals surface area contributed by atoms with E-state index in [4.69, 9.17) is 0 Å². The minimum absolute atomic E-state index is 0. The molecule has 0 amide bonds. The quantitative estimate of drug-likeness (QED) is 0.448. The minimum Gasteiger partial charge on any atom is 0 e. The van der Waals surface area contributed by atoms with Crippen LogP contribution < -0.4 is 0 Å². The number of unbranched alkanes of at least 4 members (excludes halogenated alkanes) is 1. The van der Waals surface area contributed by atoms with Crippen LogP contribution in [0.2, 0.25) is 4.44 Å². The fraction of sp³-hybridized carbons (Fsp3) is 1.00. The van der Waals surface area contributed by atoms with E-state index in [1.54, 1.807) is 22.5 Å². The van der Waals surface area contributed by atoms with Gasteiger partial charge < -0.3 is 0 Å². The molecule has 0 aromatic carbocycles. The Morgan fingerprint density at radius 3 is 1.50 bits per heavy atom. The van der Waals surface area contributed by atoms with E-state index in [0.29, 0.717) is 0 Å². The van der Waals surface area contributed by atoms with Crippen LogP contribution in [0.15, 0.2) is 0 Å². The first kappa shape index (κ1) is 22.5. The molecule has 0 aromatic rings. The van der Waals surface area contributed by atoms with Crippen molar-refractivity contribution in [2.75, 3.05) is 0 Å². The van der Waals surface area contributed by atoms with E-state index in [1.807, 2.05) is 0 Å². The molecule has 41 valence electrons. The normalized spacial score (nSPS) is 5.25. The monoisotopic (exact) mass is 537 g/mol. The second-order valence-corrected chi connectivity index (χ2v) is 2.53. The second-order valence-electron chi connectivity index (χ2n) is 1.10. The molecule has 0 heterocycles. The van der Waals surface area contributed by atoms with Gasteiger partial charge in [-0.3, -0.25) is 0 Å². The molecule has 0 aliphatic rings. The Balaban J connectivity index is -0.0000000267. The van der Waals surface area contributed by atoms with Crippen LogP contribution in [0.4, 0.5) is 0 Å². The topological polar surface area (TPSA) is 0 Å². The minimum atomic E-state index is 0. The van der Waals surface area contributed by atoms with Crippen LogP contribution in [-0.4, -0.2) is 94.2 Å². The van der Waals surface area contributed by atoms with Gasteiger partial charge in [-0.2, -0.15) is 0 Å². The van der Waals surface area contributed by atoms with Gasteiger partial charge in [0.25, 0.3) is 0 Å². The summed E-state index contributed by atoms with van der Waals surface area (Å²) < 4.78 is 1.43. The molecule has 0 aliphatic carbocycles. The molecule has 0 N–H and O–H groups in total. The summed E-state index contributed by atoms with van der Waals surface area (Å²) in [6.45, 7) is 2.23. The molecule has 0 bridgehead atoms. The third-order valence-corrected chi connectivity index (χ3v) is 1.54. The fourth-order valence-corrected chi connectivity index (χ4v) is 1.19. The molecule has 0 fully saturated rings. The van der Waals surface area contributed by atoms with Gasteiger partial charge >= 0.3 is 46.7 Å². The first-order chi connectivity index (χ1) is 2.41. The van der Waals surface area contributed by atoms with E-state index >= 15 is 0 Å². The summed E-state index contributed by atoms with van der Waals surface area (Å²) >= 11 is 1.68. The van der Waals surface area contributed by atoms with Gasteiger partial charge in [0, 0.05) is 71.7 Å². The van der Waals surface area contributed by atoms with E-state index < -0.39 is 0 Å². The Bertz CT molecular complexity index is 15.5. The molecule has 0 saturated heterocycles. The van der Waals surface area contributed by atoms with Crippen molar-refractivity contribution in [1.29, 1.82) is 0 Å². The predicted octanol–water partition coefficient (Wildman–Crippen LogP) is 0.231. The van der Waals surface area contributed by atoms with Gasteiger partial charge in [0.15, 0.2) is 0 Å². The standard InChI is InChI=1S/C4H9.4Sn/c1-3-4-2;;;;/h1,3-4H2,2H3;;;;. The van der Waals surface area contributed by atoms with Gasteiger partial charge in [-0.15, -0.1) is 0 Å². The molecular weight excluding hydrogens is 523 g/mol. The van der Waals surface area contributed by atoms with Crippen LogP contribution in [0.3, 0.4) is 0 Å². The van der Waals surface area contributed by atoms with E-state index in [-0.39, 0.29) is 71.7 Å². The average Bonchev–Trinajstić information content (AvgIpc) is 1.41. The third-order valence-electron chi connectivity index (χ3n) is 0.530. The number of hydrogen-bond donors (Lipinski definition) is 0. The van der Waals surface area contributed by atoms with Crippen LogP contribution in [0.5, 0.6) is 0 Å². The fourth-order valence-electron chi connectivity index (χ4n) is 0.177. The van der Waals surface area contributed by atoms with Crippen molar-refractivity contribution in [2.45, 2.75) is 24.2 Å². The van der Waals surface area contributed by atoms with E-state index in [9.17, 15) is 0 Å². The zero-order chi connectivity index (χ0) is 4.12. The van der Waals surface area contributed by atoms with Crippen LogP contribution in [0, 0.1) is 0 Å². The Morgan fingerprint density at radius 1 is 1.12 bits per heavy atom. The molecule has 0 saturated carbocycles. The van der Waals surface area contributed by atoms with Crippen molar-refractivity contribution in [3.05, 3.63) is 0 Å². The molecule has 0 atom stereocenters. The Morgan fingerprint density at radius 2 is 1.50 bits per heavy atom. The molecule has 4 heteroatoms. The summed E-state index contributed by atoms with van der Waals surface area (Å²) in [4.78, 5) is 0. The summed E-state index contributed by atoms with van der Waals surface area (Å²) in [5, 5.41) is 0. The predicted molar refractivity (Wildman–Crippen MR) is 42.7 cm³/mol. The van der Waals surface area contributed by atoms with Gasteiger partial charge in [-0.05, 0) is 0 Å². The Labute approximate surface area is 116 Å². The molecule has 15 radical (unpaired) electrons. The molecule has 0 aromatic heterocycles. The Hall–Kier alpha value is 3.19.